The van der Waals surface area contributed by atoms with E-state index in [2.05, 4.69) is 12.1 Å². The molecular formula is C24H27NO5. The molecule has 2 aromatic rings. The molecule has 0 bridgehead atoms. The number of carbonyl (C=O) groups excluding carboxylic acids is 1. The molecule has 3 aliphatic rings. The highest BCUT2D eigenvalue weighted by Crippen LogP contribution is 2.45. The largest absolute Gasteiger partial charge is 0.493 e. The van der Waals surface area contributed by atoms with Crippen LogP contribution in [0.1, 0.15) is 45.5 Å². The lowest BCUT2D eigenvalue weighted by Crippen LogP contribution is -2.48. The van der Waals surface area contributed by atoms with Gasteiger partial charge in [0.05, 0.1) is 39.6 Å². The third-order valence-electron chi connectivity index (χ3n) is 6.72. The van der Waals surface area contributed by atoms with E-state index in [9.17, 15) is 4.79 Å². The highest BCUT2D eigenvalue weighted by Gasteiger charge is 2.42. The van der Waals surface area contributed by atoms with E-state index in [0.29, 0.717) is 32.9 Å². The molecule has 6 nitrogen and oxygen atoms in total. The van der Waals surface area contributed by atoms with Gasteiger partial charge < -0.3 is 23.8 Å². The highest BCUT2D eigenvalue weighted by molar-refractivity contribution is 5.96. The molecule has 0 atom stereocenters. The van der Waals surface area contributed by atoms with Gasteiger partial charge in [0, 0.05) is 18.7 Å². The number of hydrogen-bond donors (Lipinski definition) is 0. The van der Waals surface area contributed by atoms with E-state index < -0.39 is 0 Å². The molecule has 30 heavy (non-hydrogen) atoms. The third-order valence-corrected chi connectivity index (χ3v) is 6.72. The van der Waals surface area contributed by atoms with Crippen LogP contribution in [0.2, 0.25) is 0 Å². The molecule has 0 unspecified atom stereocenters. The maximum Gasteiger partial charge on any atom is 0.254 e. The Morgan fingerprint density at radius 1 is 1.03 bits per heavy atom. The van der Waals surface area contributed by atoms with Crippen LogP contribution in [0.3, 0.4) is 0 Å². The highest BCUT2D eigenvalue weighted by atomic mass is 16.5. The van der Waals surface area contributed by atoms with Crippen LogP contribution in [0.5, 0.6) is 11.5 Å². The molecule has 1 amide bonds. The average Bonchev–Trinajstić information content (AvgIpc) is 3.27. The van der Waals surface area contributed by atoms with Gasteiger partial charge in [-0.3, -0.25) is 4.79 Å². The first-order valence-electron chi connectivity index (χ1n) is 10.5. The maximum atomic E-state index is 13.3. The monoisotopic (exact) mass is 409 g/mol. The summed E-state index contributed by atoms with van der Waals surface area (Å²) in [6.07, 6.45) is 2.40. The summed E-state index contributed by atoms with van der Waals surface area (Å²) in [7, 11) is 3.32. The number of rotatable bonds is 3. The molecule has 5 rings (SSSR count). The van der Waals surface area contributed by atoms with E-state index in [-0.39, 0.29) is 11.5 Å². The van der Waals surface area contributed by atoms with Crippen LogP contribution in [-0.4, -0.2) is 44.7 Å². The molecule has 0 aromatic heterocycles. The number of amides is 1. The summed E-state index contributed by atoms with van der Waals surface area (Å²) < 4.78 is 22.9. The summed E-state index contributed by atoms with van der Waals surface area (Å²) in [6.45, 7) is 3.12. The smallest absolute Gasteiger partial charge is 0.254 e. The molecule has 0 saturated carbocycles. The lowest BCUT2D eigenvalue weighted by Gasteiger charge is -2.45. The molecule has 0 radical (unpaired) electrons. The summed E-state index contributed by atoms with van der Waals surface area (Å²) in [5.41, 5.74) is 4.99. The predicted molar refractivity (Wildman–Crippen MR) is 111 cm³/mol. The fourth-order valence-electron chi connectivity index (χ4n) is 5.04. The van der Waals surface area contributed by atoms with Gasteiger partial charge in [-0.25, -0.2) is 0 Å². The van der Waals surface area contributed by atoms with Crippen LogP contribution in [0, 0.1) is 0 Å². The van der Waals surface area contributed by atoms with Gasteiger partial charge in [0.2, 0.25) is 0 Å². The lowest BCUT2D eigenvalue weighted by atomic mass is 9.79. The quantitative estimate of drug-likeness (QED) is 0.777. The SMILES string of the molecule is COc1cc2c(cc1OC)C1(CCN(C(=O)c3cccc4c3COC4)CC1)OCC2. The van der Waals surface area contributed by atoms with Crippen molar-refractivity contribution in [3.63, 3.8) is 0 Å². The first-order chi connectivity index (χ1) is 14.6. The average molecular weight is 409 g/mol. The summed E-state index contributed by atoms with van der Waals surface area (Å²) in [5, 5.41) is 0. The van der Waals surface area contributed by atoms with Gasteiger partial charge in [-0.15, -0.1) is 0 Å². The number of fused-ring (bicyclic) bond motifs is 3. The van der Waals surface area contributed by atoms with Crippen LogP contribution >= 0.6 is 0 Å². The van der Waals surface area contributed by atoms with Crippen molar-refractivity contribution in [3.05, 3.63) is 58.1 Å². The fourth-order valence-corrected chi connectivity index (χ4v) is 5.04. The number of hydrogen-bond acceptors (Lipinski definition) is 5. The van der Waals surface area contributed by atoms with Crippen LogP contribution in [-0.2, 0) is 34.7 Å². The van der Waals surface area contributed by atoms with Gasteiger partial charge in [-0.05, 0) is 59.7 Å². The van der Waals surface area contributed by atoms with Crippen molar-refractivity contribution in [1.29, 1.82) is 0 Å². The van der Waals surface area contributed by atoms with Gasteiger partial charge in [-0.2, -0.15) is 0 Å². The lowest BCUT2D eigenvalue weighted by molar-refractivity contribution is -0.0936. The molecule has 0 aliphatic carbocycles. The second-order valence-electron chi connectivity index (χ2n) is 8.19. The zero-order valence-corrected chi connectivity index (χ0v) is 17.5. The van der Waals surface area contributed by atoms with Crippen LogP contribution in [0.25, 0.3) is 0 Å². The summed E-state index contributed by atoms with van der Waals surface area (Å²) in [4.78, 5) is 15.2. The number of likely N-dealkylation sites (tertiary alicyclic amines) is 1. The maximum absolute atomic E-state index is 13.3. The van der Waals surface area contributed by atoms with Crippen molar-refractivity contribution < 1.29 is 23.7 Å². The zero-order chi connectivity index (χ0) is 20.7. The van der Waals surface area contributed by atoms with Crippen molar-refractivity contribution in [2.45, 2.75) is 38.1 Å². The standard InChI is InChI=1S/C24H27NO5/c1-27-21-12-16-6-11-30-24(20(16)13-22(21)28-2)7-9-25(10-8-24)23(26)18-5-3-4-17-14-29-15-19(17)18/h3-5,12-13H,6-11,14-15H2,1-2H3. The first kappa shape index (κ1) is 19.4. The minimum atomic E-state index is -0.369. The first-order valence-corrected chi connectivity index (χ1v) is 10.5. The summed E-state index contributed by atoms with van der Waals surface area (Å²) in [6, 6.07) is 10.0. The van der Waals surface area contributed by atoms with Gasteiger partial charge in [0.1, 0.15) is 0 Å². The molecule has 1 saturated heterocycles. The Bertz CT molecular complexity index is 978. The van der Waals surface area contributed by atoms with Gasteiger partial charge >= 0.3 is 0 Å². The normalized spacial score (nSPS) is 19.3. The van der Waals surface area contributed by atoms with E-state index in [0.717, 1.165) is 47.5 Å². The molecule has 0 N–H and O–H groups in total. The molecule has 1 fully saturated rings. The number of piperidine rings is 1. The van der Waals surface area contributed by atoms with E-state index in [1.165, 1.54) is 11.1 Å². The summed E-state index contributed by atoms with van der Waals surface area (Å²) >= 11 is 0. The second kappa shape index (κ2) is 7.60. The number of methoxy groups -OCH3 is 2. The van der Waals surface area contributed by atoms with Gasteiger partial charge in [0.25, 0.3) is 5.91 Å². The van der Waals surface area contributed by atoms with Crippen LogP contribution < -0.4 is 9.47 Å². The Hall–Kier alpha value is -2.57. The Morgan fingerprint density at radius 3 is 2.57 bits per heavy atom. The molecule has 3 aliphatic heterocycles. The Kier molecular flexibility index (Phi) is 4.91. The molecule has 6 heteroatoms. The summed E-state index contributed by atoms with van der Waals surface area (Å²) in [5.74, 6) is 1.57. The molecule has 158 valence electrons. The molecule has 2 aromatic carbocycles. The number of nitrogens with zero attached hydrogens (tertiary/aromatic N) is 1. The number of carbonyl (C=O) groups is 1. The Labute approximate surface area is 176 Å². The molecule has 3 heterocycles. The van der Waals surface area contributed by atoms with Crippen molar-refractivity contribution in [1.82, 2.24) is 4.90 Å². The second-order valence-corrected chi connectivity index (χ2v) is 8.19. The molecule has 1 spiro atoms. The number of ether oxygens (including phenoxy) is 4. The molecular weight excluding hydrogens is 382 g/mol. The van der Waals surface area contributed by atoms with E-state index in [1.54, 1.807) is 14.2 Å². The number of benzene rings is 2. The van der Waals surface area contributed by atoms with E-state index in [4.69, 9.17) is 18.9 Å². The van der Waals surface area contributed by atoms with Crippen LogP contribution in [0.4, 0.5) is 0 Å². The minimum Gasteiger partial charge on any atom is -0.493 e. The van der Waals surface area contributed by atoms with E-state index in [1.807, 2.05) is 23.1 Å². The van der Waals surface area contributed by atoms with Crippen molar-refractivity contribution in [2.75, 3.05) is 33.9 Å². The Morgan fingerprint density at radius 2 is 1.80 bits per heavy atom. The fraction of sp³-hybridized carbons (Fsp3) is 0.458. The zero-order valence-electron chi connectivity index (χ0n) is 17.5. The third kappa shape index (κ3) is 3.06. The Balaban J connectivity index is 1.39. The van der Waals surface area contributed by atoms with Crippen molar-refractivity contribution in [3.8, 4) is 11.5 Å². The van der Waals surface area contributed by atoms with Gasteiger partial charge in [0.15, 0.2) is 11.5 Å². The minimum absolute atomic E-state index is 0.0931. The van der Waals surface area contributed by atoms with Crippen molar-refractivity contribution in [2.24, 2.45) is 0 Å². The van der Waals surface area contributed by atoms with Gasteiger partial charge in [-0.1, -0.05) is 12.1 Å². The van der Waals surface area contributed by atoms with Crippen LogP contribution in [0.15, 0.2) is 30.3 Å². The van der Waals surface area contributed by atoms with Crippen molar-refractivity contribution >= 4 is 5.91 Å². The topological polar surface area (TPSA) is 57.2 Å². The van der Waals surface area contributed by atoms with E-state index >= 15 is 0 Å². The predicted octanol–water partition coefficient (Wildman–Crippen LogP) is 3.44.